The summed E-state index contributed by atoms with van der Waals surface area (Å²) < 4.78 is 14.7. The predicted molar refractivity (Wildman–Crippen MR) is 68.2 cm³/mol. The van der Waals surface area contributed by atoms with Crippen molar-refractivity contribution in [1.29, 1.82) is 0 Å². The van der Waals surface area contributed by atoms with Gasteiger partial charge in [0.2, 0.25) is 5.76 Å². The standard InChI is InChI=1S/C13H15NO5/c1-9(14-16)10-5-4-6-11(7-10)19-12(8-17-2)13(15)18-3/h4-8,16H,1-3H3. The fraction of sp³-hybridized carbons (Fsp3) is 0.231. The molecular formula is C13H15NO5. The van der Waals surface area contributed by atoms with E-state index in [1.165, 1.54) is 14.2 Å². The molecule has 0 aliphatic carbocycles. The maximum Gasteiger partial charge on any atom is 0.377 e. The molecule has 1 rings (SSSR count). The van der Waals surface area contributed by atoms with E-state index in [2.05, 4.69) is 9.89 Å². The molecule has 1 aromatic carbocycles. The molecule has 0 aliphatic heterocycles. The first-order chi connectivity index (χ1) is 9.12. The topological polar surface area (TPSA) is 77.4 Å². The predicted octanol–water partition coefficient (Wildman–Crippen LogP) is 1.92. The number of esters is 1. The Balaban J connectivity index is 2.98. The normalized spacial score (nSPS) is 11.9. The molecule has 0 fully saturated rings. The van der Waals surface area contributed by atoms with Crippen LogP contribution in [0.4, 0.5) is 0 Å². The third-order valence-corrected chi connectivity index (χ3v) is 2.24. The Hall–Kier alpha value is -2.50. The molecule has 102 valence electrons. The van der Waals surface area contributed by atoms with Gasteiger partial charge in [-0.2, -0.15) is 0 Å². The molecular weight excluding hydrogens is 250 g/mol. The lowest BCUT2D eigenvalue weighted by molar-refractivity contribution is -0.138. The summed E-state index contributed by atoms with van der Waals surface area (Å²) in [6.07, 6.45) is 1.14. The maximum atomic E-state index is 11.4. The summed E-state index contributed by atoms with van der Waals surface area (Å²) in [6, 6.07) is 6.74. The summed E-state index contributed by atoms with van der Waals surface area (Å²) in [5, 5.41) is 11.8. The summed E-state index contributed by atoms with van der Waals surface area (Å²) in [6.45, 7) is 1.64. The summed E-state index contributed by atoms with van der Waals surface area (Å²) in [5.41, 5.74) is 1.10. The molecule has 0 radical (unpaired) electrons. The lowest BCUT2D eigenvalue weighted by Gasteiger charge is -2.08. The summed E-state index contributed by atoms with van der Waals surface area (Å²) in [5.74, 6) is -0.338. The second kappa shape index (κ2) is 7.05. The van der Waals surface area contributed by atoms with E-state index in [1.807, 2.05) is 0 Å². The van der Waals surface area contributed by atoms with Crippen LogP contribution in [0.5, 0.6) is 5.75 Å². The molecule has 0 saturated carbocycles. The van der Waals surface area contributed by atoms with Gasteiger partial charge in [0, 0.05) is 5.56 Å². The van der Waals surface area contributed by atoms with Gasteiger partial charge in [-0.05, 0) is 19.1 Å². The Morgan fingerprint density at radius 2 is 2.11 bits per heavy atom. The van der Waals surface area contributed by atoms with Crippen molar-refractivity contribution in [3.05, 3.63) is 41.9 Å². The number of carbonyl (C=O) groups excluding carboxylic acids is 1. The van der Waals surface area contributed by atoms with E-state index in [1.54, 1.807) is 31.2 Å². The monoisotopic (exact) mass is 265 g/mol. The molecule has 0 spiro atoms. The first kappa shape index (κ1) is 14.6. The molecule has 0 aliphatic rings. The molecule has 0 aromatic heterocycles. The smallest absolute Gasteiger partial charge is 0.377 e. The number of ether oxygens (including phenoxy) is 3. The van der Waals surface area contributed by atoms with Gasteiger partial charge in [-0.3, -0.25) is 0 Å². The SMILES string of the molecule is COC=C(Oc1cccc(C(C)=NO)c1)C(=O)OC. The van der Waals surface area contributed by atoms with Crippen molar-refractivity contribution in [2.75, 3.05) is 14.2 Å². The Bertz CT molecular complexity index is 508. The Kier molecular flexibility index (Phi) is 5.40. The van der Waals surface area contributed by atoms with Gasteiger partial charge < -0.3 is 19.4 Å². The second-order valence-electron chi connectivity index (χ2n) is 3.52. The van der Waals surface area contributed by atoms with Gasteiger partial charge in [0.1, 0.15) is 12.0 Å². The van der Waals surface area contributed by atoms with Crippen LogP contribution in [0.25, 0.3) is 0 Å². The van der Waals surface area contributed by atoms with E-state index in [0.717, 1.165) is 6.26 Å². The zero-order valence-electron chi connectivity index (χ0n) is 10.9. The van der Waals surface area contributed by atoms with E-state index in [0.29, 0.717) is 17.0 Å². The Labute approximate surface area is 110 Å². The molecule has 19 heavy (non-hydrogen) atoms. The molecule has 0 bridgehead atoms. The average Bonchev–Trinajstić information content (AvgIpc) is 2.45. The number of methoxy groups -OCH3 is 2. The Morgan fingerprint density at radius 3 is 2.68 bits per heavy atom. The molecule has 0 unspecified atom stereocenters. The largest absolute Gasteiger partial charge is 0.500 e. The summed E-state index contributed by atoms with van der Waals surface area (Å²) in [4.78, 5) is 11.4. The van der Waals surface area contributed by atoms with Crippen molar-refractivity contribution in [2.24, 2.45) is 5.16 Å². The van der Waals surface area contributed by atoms with Gasteiger partial charge in [0.05, 0.1) is 19.9 Å². The minimum atomic E-state index is -0.653. The average molecular weight is 265 g/mol. The minimum Gasteiger partial charge on any atom is -0.500 e. The van der Waals surface area contributed by atoms with Crippen LogP contribution >= 0.6 is 0 Å². The van der Waals surface area contributed by atoms with Crippen LogP contribution in [-0.4, -0.2) is 31.1 Å². The van der Waals surface area contributed by atoms with Crippen LogP contribution in [0.1, 0.15) is 12.5 Å². The highest BCUT2D eigenvalue weighted by Crippen LogP contribution is 2.17. The van der Waals surface area contributed by atoms with Crippen molar-refractivity contribution in [2.45, 2.75) is 6.92 Å². The van der Waals surface area contributed by atoms with E-state index in [-0.39, 0.29) is 5.76 Å². The number of oxime groups is 1. The number of nitrogens with zero attached hydrogens (tertiary/aromatic N) is 1. The lowest BCUT2D eigenvalue weighted by atomic mass is 10.1. The lowest BCUT2D eigenvalue weighted by Crippen LogP contribution is -2.11. The van der Waals surface area contributed by atoms with E-state index in [9.17, 15) is 4.79 Å². The molecule has 0 amide bonds. The van der Waals surface area contributed by atoms with E-state index >= 15 is 0 Å². The van der Waals surface area contributed by atoms with Crippen LogP contribution in [0.15, 0.2) is 41.4 Å². The van der Waals surface area contributed by atoms with Crippen molar-refractivity contribution in [3.8, 4) is 5.75 Å². The molecule has 1 aromatic rings. The van der Waals surface area contributed by atoms with Gasteiger partial charge in [-0.15, -0.1) is 0 Å². The maximum absolute atomic E-state index is 11.4. The van der Waals surface area contributed by atoms with Crippen molar-refractivity contribution in [1.82, 2.24) is 0 Å². The van der Waals surface area contributed by atoms with Crippen molar-refractivity contribution < 1.29 is 24.2 Å². The number of hydrogen-bond acceptors (Lipinski definition) is 6. The molecule has 0 heterocycles. The van der Waals surface area contributed by atoms with Crippen LogP contribution in [-0.2, 0) is 14.3 Å². The van der Waals surface area contributed by atoms with Gasteiger partial charge in [0.15, 0.2) is 0 Å². The fourth-order valence-electron chi connectivity index (χ4n) is 1.29. The highest BCUT2D eigenvalue weighted by molar-refractivity contribution is 5.98. The zero-order valence-corrected chi connectivity index (χ0v) is 10.9. The van der Waals surface area contributed by atoms with Gasteiger partial charge in [0.25, 0.3) is 0 Å². The first-order valence-electron chi connectivity index (χ1n) is 5.40. The highest BCUT2D eigenvalue weighted by Gasteiger charge is 2.13. The van der Waals surface area contributed by atoms with Gasteiger partial charge in [-0.1, -0.05) is 17.3 Å². The molecule has 6 nitrogen and oxygen atoms in total. The number of carbonyl (C=O) groups is 1. The molecule has 1 N–H and O–H groups in total. The van der Waals surface area contributed by atoms with Gasteiger partial charge in [-0.25, -0.2) is 4.79 Å². The van der Waals surface area contributed by atoms with E-state index in [4.69, 9.17) is 14.7 Å². The molecule has 0 saturated heterocycles. The highest BCUT2D eigenvalue weighted by atomic mass is 16.6. The third kappa shape index (κ3) is 4.02. The van der Waals surface area contributed by atoms with E-state index < -0.39 is 5.97 Å². The quantitative estimate of drug-likeness (QED) is 0.220. The summed E-state index contributed by atoms with van der Waals surface area (Å²) in [7, 11) is 2.64. The Morgan fingerprint density at radius 1 is 1.37 bits per heavy atom. The minimum absolute atomic E-state index is 0.0826. The zero-order chi connectivity index (χ0) is 14.3. The number of hydrogen-bond donors (Lipinski definition) is 1. The molecule has 0 atom stereocenters. The number of rotatable bonds is 5. The fourth-order valence-corrected chi connectivity index (χ4v) is 1.29. The van der Waals surface area contributed by atoms with Crippen LogP contribution < -0.4 is 4.74 Å². The molecule has 6 heteroatoms. The second-order valence-corrected chi connectivity index (χ2v) is 3.52. The van der Waals surface area contributed by atoms with Crippen LogP contribution in [0, 0.1) is 0 Å². The summed E-state index contributed by atoms with van der Waals surface area (Å²) >= 11 is 0. The van der Waals surface area contributed by atoms with Gasteiger partial charge >= 0.3 is 5.97 Å². The van der Waals surface area contributed by atoms with Crippen LogP contribution in [0.3, 0.4) is 0 Å². The van der Waals surface area contributed by atoms with Crippen molar-refractivity contribution in [3.63, 3.8) is 0 Å². The first-order valence-corrected chi connectivity index (χ1v) is 5.40. The van der Waals surface area contributed by atoms with Crippen LogP contribution in [0.2, 0.25) is 0 Å². The number of benzene rings is 1. The van der Waals surface area contributed by atoms with Crippen molar-refractivity contribution >= 4 is 11.7 Å². The third-order valence-electron chi connectivity index (χ3n) is 2.24.